The number of hydrogen-bond acceptors (Lipinski definition) is 9. The number of hydrogen-bond donors (Lipinski definition) is 2. The molecule has 0 aliphatic rings. The van der Waals surface area contributed by atoms with Gasteiger partial charge >= 0.3 is 7.60 Å². The van der Waals surface area contributed by atoms with Gasteiger partial charge in [-0.2, -0.15) is 0 Å². The number of rotatable bonds is 22. The van der Waals surface area contributed by atoms with Crippen molar-refractivity contribution in [2.75, 3.05) is 27.5 Å². The maximum atomic E-state index is 13.5. The van der Waals surface area contributed by atoms with Crippen LogP contribution in [0.5, 0.6) is 5.75 Å². The molecule has 0 saturated heterocycles. The van der Waals surface area contributed by atoms with Gasteiger partial charge in [-0.25, -0.2) is 5.06 Å². The normalized spacial score (nSPS) is 12.6. The molecule has 2 aromatic carbocycles. The summed E-state index contributed by atoms with van der Waals surface area (Å²) in [4.78, 5) is 44.4. The molecule has 48 heavy (non-hydrogen) atoms. The number of nitrogens with zero attached hydrogens (tertiary/aromatic N) is 1. The van der Waals surface area contributed by atoms with Crippen LogP contribution >= 0.6 is 7.60 Å². The van der Waals surface area contributed by atoms with Gasteiger partial charge in [-0.1, -0.05) is 63.4 Å². The van der Waals surface area contributed by atoms with Crippen molar-refractivity contribution < 1.29 is 42.0 Å². The average molecular weight is 686 g/mol. The number of furan rings is 1. The van der Waals surface area contributed by atoms with E-state index >= 15 is 0 Å². The molecule has 3 amide bonds. The summed E-state index contributed by atoms with van der Waals surface area (Å²) in [5, 5.41) is 6.72. The lowest BCUT2D eigenvalue weighted by molar-refractivity contribution is -0.200. The van der Waals surface area contributed by atoms with E-state index < -0.39 is 25.5 Å². The Balaban J connectivity index is 1.67. The second-order valence-corrected chi connectivity index (χ2v) is 13.4. The standard InChI is InChI=1S/C35H48N3O9P/c1-6-9-11-16-30(31(7-2)38(25-39)46-22-26-14-12-10-13-15-26)34(40)36-24-37-35(41)33-18-17-32(47-33)28-19-27(20-29(21-28)45-8-3)23-48(42,43-4)44-5/h10,12-15,17-21,25,30-31H,6-9,11,16,22-24H2,1-5H3,(H,36,40)(H,37,41). The van der Waals surface area contributed by atoms with Gasteiger partial charge in [-0.3, -0.25) is 23.8 Å². The highest BCUT2D eigenvalue weighted by Gasteiger charge is 2.32. The van der Waals surface area contributed by atoms with E-state index in [2.05, 4.69) is 17.6 Å². The molecule has 0 fully saturated rings. The number of benzene rings is 2. The van der Waals surface area contributed by atoms with Crippen molar-refractivity contribution in [1.82, 2.24) is 15.7 Å². The van der Waals surface area contributed by atoms with Crippen molar-refractivity contribution in [1.29, 1.82) is 0 Å². The van der Waals surface area contributed by atoms with E-state index in [0.717, 1.165) is 24.8 Å². The Bertz CT molecular complexity index is 1490. The lowest BCUT2D eigenvalue weighted by Gasteiger charge is -2.32. The fourth-order valence-electron chi connectivity index (χ4n) is 5.30. The predicted octanol–water partition coefficient (Wildman–Crippen LogP) is 6.70. The summed E-state index contributed by atoms with van der Waals surface area (Å²) >= 11 is 0. The smallest absolute Gasteiger partial charge is 0.334 e. The SMILES string of the molecule is CCCCCC(C(=O)NCNC(=O)c1ccc(-c2cc(CP(=O)(OC)OC)cc(OCC)c2)o1)C(CC)N(C=O)OCc1ccccc1. The summed E-state index contributed by atoms with van der Waals surface area (Å²) in [7, 11) is -0.690. The molecular weight excluding hydrogens is 637 g/mol. The highest BCUT2D eigenvalue weighted by molar-refractivity contribution is 7.52. The number of unbranched alkanes of at least 4 members (excludes halogenated alkanes) is 2. The summed E-state index contributed by atoms with van der Waals surface area (Å²) in [6, 6.07) is 17.4. The van der Waals surface area contributed by atoms with Gasteiger partial charge < -0.3 is 28.8 Å². The predicted molar refractivity (Wildman–Crippen MR) is 182 cm³/mol. The first-order valence-corrected chi connectivity index (χ1v) is 18.0. The third kappa shape index (κ3) is 11.3. The number of amides is 3. The monoisotopic (exact) mass is 685 g/mol. The summed E-state index contributed by atoms with van der Waals surface area (Å²) < 4.78 is 34.5. The minimum absolute atomic E-state index is 0.0176. The summed E-state index contributed by atoms with van der Waals surface area (Å²) in [5.41, 5.74) is 2.16. The first-order chi connectivity index (χ1) is 23.2. The average Bonchev–Trinajstić information content (AvgIpc) is 3.60. The van der Waals surface area contributed by atoms with Crippen LogP contribution in [0.1, 0.15) is 74.6 Å². The molecular formula is C35H48N3O9P. The van der Waals surface area contributed by atoms with E-state index in [1.165, 1.54) is 25.3 Å². The van der Waals surface area contributed by atoms with Crippen LogP contribution in [0.2, 0.25) is 0 Å². The molecule has 3 aromatic rings. The minimum atomic E-state index is -3.34. The molecule has 13 heteroatoms. The van der Waals surface area contributed by atoms with Crippen molar-refractivity contribution in [2.24, 2.45) is 5.92 Å². The van der Waals surface area contributed by atoms with Crippen LogP contribution in [-0.4, -0.2) is 56.8 Å². The van der Waals surface area contributed by atoms with Crippen LogP contribution in [0.15, 0.2) is 65.1 Å². The van der Waals surface area contributed by atoms with Gasteiger partial charge in [0.05, 0.1) is 31.4 Å². The first kappa shape index (κ1) is 38.5. The quantitative estimate of drug-likeness (QED) is 0.0388. The Kier molecular flexibility index (Phi) is 15.8. The van der Waals surface area contributed by atoms with Crippen LogP contribution in [0.25, 0.3) is 11.3 Å². The van der Waals surface area contributed by atoms with Gasteiger partial charge in [0.15, 0.2) is 5.76 Å². The molecule has 1 heterocycles. The first-order valence-electron chi connectivity index (χ1n) is 16.2. The molecule has 0 bridgehead atoms. The number of carbonyl (C=O) groups is 3. The zero-order valence-corrected chi connectivity index (χ0v) is 29.3. The van der Waals surface area contributed by atoms with E-state index in [1.54, 1.807) is 24.3 Å². The Hall–Kier alpha value is -3.96. The van der Waals surface area contributed by atoms with Gasteiger partial charge in [-0.05, 0) is 61.2 Å². The number of ether oxygens (including phenoxy) is 1. The van der Waals surface area contributed by atoms with Crippen molar-refractivity contribution in [3.63, 3.8) is 0 Å². The Morgan fingerprint density at radius 1 is 0.958 bits per heavy atom. The summed E-state index contributed by atoms with van der Waals surface area (Å²) in [6.07, 6.45) is 4.42. The second kappa shape index (κ2) is 19.8. The second-order valence-electron chi connectivity index (χ2n) is 11.1. The maximum absolute atomic E-state index is 13.5. The molecule has 0 spiro atoms. The highest BCUT2D eigenvalue weighted by Crippen LogP contribution is 2.50. The maximum Gasteiger partial charge on any atom is 0.334 e. The molecule has 3 rings (SSSR count). The fourth-order valence-corrected chi connectivity index (χ4v) is 6.34. The lowest BCUT2D eigenvalue weighted by atomic mass is 9.90. The Morgan fingerprint density at radius 2 is 1.71 bits per heavy atom. The van der Waals surface area contributed by atoms with Crippen molar-refractivity contribution in [3.05, 3.63) is 77.6 Å². The van der Waals surface area contributed by atoms with Crippen molar-refractivity contribution in [2.45, 2.75) is 71.7 Å². The van der Waals surface area contributed by atoms with E-state index in [9.17, 15) is 18.9 Å². The third-order valence-corrected chi connectivity index (χ3v) is 9.69. The van der Waals surface area contributed by atoms with Crippen LogP contribution in [-0.2, 0) is 40.8 Å². The molecule has 0 aliphatic heterocycles. The molecule has 2 N–H and O–H groups in total. The largest absolute Gasteiger partial charge is 0.494 e. The molecule has 0 radical (unpaired) electrons. The van der Waals surface area contributed by atoms with Crippen LogP contribution in [0.3, 0.4) is 0 Å². The van der Waals surface area contributed by atoms with Crippen molar-refractivity contribution >= 4 is 25.8 Å². The molecule has 2 unspecified atom stereocenters. The lowest BCUT2D eigenvalue weighted by Crippen LogP contribution is -2.48. The fraction of sp³-hybridized carbons (Fsp3) is 0.457. The van der Waals surface area contributed by atoms with Crippen LogP contribution < -0.4 is 15.4 Å². The molecule has 12 nitrogen and oxygen atoms in total. The molecule has 0 aliphatic carbocycles. The van der Waals surface area contributed by atoms with Gasteiger partial charge in [0, 0.05) is 19.8 Å². The van der Waals surface area contributed by atoms with Gasteiger partial charge in [0.1, 0.15) is 18.1 Å². The zero-order chi connectivity index (χ0) is 34.9. The van der Waals surface area contributed by atoms with Crippen LogP contribution in [0, 0.1) is 5.92 Å². The van der Waals surface area contributed by atoms with E-state index in [-0.39, 0.29) is 31.1 Å². The Labute approximate surface area is 282 Å². The van der Waals surface area contributed by atoms with Crippen LogP contribution in [0.4, 0.5) is 0 Å². The number of nitrogens with one attached hydrogen (secondary N) is 2. The van der Waals surface area contributed by atoms with Gasteiger partial charge in [0.25, 0.3) is 5.91 Å². The third-order valence-electron chi connectivity index (χ3n) is 7.83. The molecule has 0 saturated carbocycles. The zero-order valence-electron chi connectivity index (χ0n) is 28.4. The molecule has 1 aromatic heterocycles. The van der Waals surface area contributed by atoms with E-state index in [1.807, 2.05) is 44.2 Å². The number of carbonyl (C=O) groups excluding carboxylic acids is 3. The molecule has 2 atom stereocenters. The number of hydroxylamine groups is 2. The summed E-state index contributed by atoms with van der Waals surface area (Å²) in [6.45, 7) is 6.30. The van der Waals surface area contributed by atoms with E-state index in [0.29, 0.717) is 48.5 Å². The topological polar surface area (TPSA) is 146 Å². The Morgan fingerprint density at radius 3 is 2.35 bits per heavy atom. The van der Waals surface area contributed by atoms with E-state index in [4.69, 9.17) is 23.0 Å². The van der Waals surface area contributed by atoms with Gasteiger partial charge in [0.2, 0.25) is 12.3 Å². The highest BCUT2D eigenvalue weighted by atomic mass is 31.2. The van der Waals surface area contributed by atoms with Gasteiger partial charge in [-0.15, -0.1) is 0 Å². The summed E-state index contributed by atoms with van der Waals surface area (Å²) in [5.74, 6) is -0.406. The van der Waals surface area contributed by atoms with Crippen molar-refractivity contribution in [3.8, 4) is 17.1 Å². The molecule has 262 valence electrons. The minimum Gasteiger partial charge on any atom is -0.494 e.